The van der Waals surface area contributed by atoms with Crippen molar-refractivity contribution in [2.45, 2.75) is 39.5 Å². The van der Waals surface area contributed by atoms with Crippen molar-refractivity contribution in [3.63, 3.8) is 0 Å². The molecule has 0 aliphatic carbocycles. The summed E-state index contributed by atoms with van der Waals surface area (Å²) in [5, 5.41) is 8.82. The van der Waals surface area contributed by atoms with E-state index in [4.69, 9.17) is 4.74 Å². The van der Waals surface area contributed by atoms with Crippen molar-refractivity contribution in [2.75, 3.05) is 29.1 Å². The molecule has 0 saturated carbocycles. The topological polar surface area (TPSA) is 79.5 Å². The van der Waals surface area contributed by atoms with Gasteiger partial charge < -0.3 is 20.7 Å². The molecule has 6 heteroatoms. The first kappa shape index (κ1) is 24.8. The molecule has 0 fully saturated rings. The first-order valence-electron chi connectivity index (χ1n) is 11.8. The summed E-state index contributed by atoms with van der Waals surface area (Å²) in [6.45, 7) is 5.01. The van der Waals surface area contributed by atoms with Crippen molar-refractivity contribution < 1.29 is 14.3 Å². The number of hydrogen-bond donors (Lipinski definition) is 3. The molecule has 0 heterocycles. The molecule has 0 aliphatic heterocycles. The minimum atomic E-state index is -0.169. The first-order chi connectivity index (χ1) is 16.5. The van der Waals surface area contributed by atoms with Gasteiger partial charge in [0.05, 0.1) is 13.2 Å². The molecule has 0 atom stereocenters. The highest BCUT2D eigenvalue weighted by molar-refractivity contribution is 6.04. The fourth-order valence-corrected chi connectivity index (χ4v) is 3.40. The lowest BCUT2D eigenvalue weighted by Crippen LogP contribution is -2.21. The van der Waals surface area contributed by atoms with Crippen LogP contribution in [0.5, 0.6) is 5.75 Å². The monoisotopic (exact) mass is 459 g/mol. The van der Waals surface area contributed by atoms with Gasteiger partial charge in [-0.25, -0.2) is 0 Å². The lowest BCUT2D eigenvalue weighted by atomic mass is 10.1. The van der Waals surface area contributed by atoms with Crippen LogP contribution in [0.15, 0.2) is 72.8 Å². The van der Waals surface area contributed by atoms with Crippen molar-refractivity contribution in [1.29, 1.82) is 0 Å². The van der Waals surface area contributed by atoms with Crippen LogP contribution in [-0.2, 0) is 4.79 Å². The fourth-order valence-electron chi connectivity index (χ4n) is 3.40. The van der Waals surface area contributed by atoms with Gasteiger partial charge in [-0.3, -0.25) is 9.59 Å². The number of carbonyl (C=O) groups excluding carboxylic acids is 2. The molecule has 6 nitrogen and oxygen atoms in total. The molecule has 34 heavy (non-hydrogen) atoms. The van der Waals surface area contributed by atoms with Crippen LogP contribution < -0.4 is 20.7 Å². The van der Waals surface area contributed by atoms with Gasteiger partial charge in [0.15, 0.2) is 0 Å². The fraction of sp³-hybridized carbons (Fsp3) is 0.286. The molecule has 0 radical (unpaired) electrons. The largest absolute Gasteiger partial charge is 0.494 e. The quantitative estimate of drug-likeness (QED) is 0.279. The Kier molecular flexibility index (Phi) is 9.52. The van der Waals surface area contributed by atoms with E-state index in [0.29, 0.717) is 16.9 Å². The molecular weight excluding hydrogens is 426 g/mol. The number of amides is 2. The lowest BCUT2D eigenvalue weighted by molar-refractivity contribution is -0.114. The van der Waals surface area contributed by atoms with E-state index < -0.39 is 0 Å². The van der Waals surface area contributed by atoms with Gasteiger partial charge in [0.1, 0.15) is 5.75 Å². The number of rotatable bonds is 12. The standard InChI is InChI=1S/C28H33N3O3/c1-3-4-5-6-18-34-26-16-14-23(15-17-26)29-20-27(32)30-24-10-12-25(13-11-24)31-28(33)22-9-7-8-21(2)19-22/h7-17,19,29H,3-6,18,20H2,1-2H3,(H,30,32)(H,31,33). The maximum atomic E-state index is 12.4. The third-order valence-electron chi connectivity index (χ3n) is 5.28. The number of nitrogens with one attached hydrogen (secondary N) is 3. The lowest BCUT2D eigenvalue weighted by Gasteiger charge is -2.10. The number of carbonyl (C=O) groups is 2. The summed E-state index contributed by atoms with van der Waals surface area (Å²) >= 11 is 0. The summed E-state index contributed by atoms with van der Waals surface area (Å²) < 4.78 is 5.74. The highest BCUT2D eigenvalue weighted by Crippen LogP contribution is 2.17. The summed E-state index contributed by atoms with van der Waals surface area (Å²) in [5.74, 6) is 0.506. The summed E-state index contributed by atoms with van der Waals surface area (Å²) in [6.07, 6.45) is 4.71. The van der Waals surface area contributed by atoms with Crippen molar-refractivity contribution in [1.82, 2.24) is 0 Å². The average molecular weight is 460 g/mol. The van der Waals surface area contributed by atoms with Crippen molar-refractivity contribution in [3.05, 3.63) is 83.9 Å². The first-order valence-corrected chi connectivity index (χ1v) is 11.8. The average Bonchev–Trinajstić information content (AvgIpc) is 2.84. The third-order valence-corrected chi connectivity index (χ3v) is 5.28. The Morgan fingerprint density at radius 2 is 1.47 bits per heavy atom. The van der Waals surface area contributed by atoms with Crippen LogP contribution >= 0.6 is 0 Å². The number of aryl methyl sites for hydroxylation is 1. The molecule has 0 spiro atoms. The van der Waals surface area contributed by atoms with Crippen molar-refractivity contribution >= 4 is 28.9 Å². The molecule has 3 aromatic rings. The second-order valence-corrected chi connectivity index (χ2v) is 8.24. The van der Waals surface area contributed by atoms with Gasteiger partial charge in [-0.05, 0) is 74.0 Å². The molecule has 0 bridgehead atoms. The normalized spacial score (nSPS) is 10.4. The summed E-state index contributed by atoms with van der Waals surface area (Å²) in [5.41, 5.74) is 3.81. The van der Waals surface area contributed by atoms with Gasteiger partial charge in [0.25, 0.3) is 5.91 Å². The molecule has 3 rings (SSSR count). The van der Waals surface area contributed by atoms with E-state index >= 15 is 0 Å². The zero-order chi connectivity index (χ0) is 24.2. The molecule has 0 saturated heterocycles. The van der Waals surface area contributed by atoms with Gasteiger partial charge in [-0.15, -0.1) is 0 Å². The molecule has 178 valence electrons. The molecule has 0 unspecified atom stereocenters. The number of unbranched alkanes of at least 4 members (excludes halogenated alkanes) is 3. The molecule has 2 amide bonds. The number of hydrogen-bond acceptors (Lipinski definition) is 4. The minimum absolute atomic E-state index is 0.142. The van der Waals surface area contributed by atoms with Gasteiger partial charge in [-0.1, -0.05) is 43.9 Å². The SMILES string of the molecule is CCCCCCOc1ccc(NCC(=O)Nc2ccc(NC(=O)c3cccc(C)c3)cc2)cc1. The van der Waals surface area contributed by atoms with Crippen LogP contribution in [0.3, 0.4) is 0 Å². The summed E-state index contributed by atoms with van der Waals surface area (Å²) in [4.78, 5) is 24.7. The summed E-state index contributed by atoms with van der Waals surface area (Å²) in [7, 11) is 0. The second-order valence-electron chi connectivity index (χ2n) is 8.24. The Balaban J connectivity index is 1.40. The predicted octanol–water partition coefficient (Wildman–Crippen LogP) is 6.26. The third kappa shape index (κ3) is 8.28. The van der Waals surface area contributed by atoms with Gasteiger partial charge in [0.2, 0.25) is 5.91 Å². The highest BCUT2D eigenvalue weighted by atomic mass is 16.5. The molecule has 0 aromatic heterocycles. The number of ether oxygens (including phenoxy) is 1. The molecular formula is C28H33N3O3. The Labute approximate surface area is 201 Å². The van der Waals surface area contributed by atoms with Crippen molar-refractivity contribution in [3.8, 4) is 5.75 Å². The van der Waals surface area contributed by atoms with E-state index in [0.717, 1.165) is 30.0 Å². The Morgan fingerprint density at radius 1 is 0.794 bits per heavy atom. The van der Waals surface area contributed by atoms with Gasteiger partial charge >= 0.3 is 0 Å². The predicted molar refractivity (Wildman–Crippen MR) is 139 cm³/mol. The van der Waals surface area contributed by atoms with Crippen molar-refractivity contribution in [2.24, 2.45) is 0 Å². The van der Waals surface area contributed by atoms with Crippen LogP contribution in [0, 0.1) is 6.92 Å². The number of benzene rings is 3. The van der Waals surface area contributed by atoms with Crippen LogP contribution in [0.2, 0.25) is 0 Å². The Morgan fingerprint density at radius 3 is 2.15 bits per heavy atom. The van der Waals surface area contributed by atoms with E-state index in [9.17, 15) is 9.59 Å². The minimum Gasteiger partial charge on any atom is -0.494 e. The summed E-state index contributed by atoms with van der Waals surface area (Å²) in [6, 6.07) is 22.1. The van der Waals surface area contributed by atoms with E-state index in [1.54, 1.807) is 30.3 Å². The maximum absolute atomic E-state index is 12.4. The smallest absolute Gasteiger partial charge is 0.255 e. The second kappa shape index (κ2) is 13.0. The van der Waals surface area contributed by atoms with E-state index in [1.165, 1.54) is 19.3 Å². The molecule has 3 aromatic carbocycles. The van der Waals surface area contributed by atoms with Crippen LogP contribution in [0.25, 0.3) is 0 Å². The number of anilines is 3. The van der Waals surface area contributed by atoms with E-state index in [2.05, 4.69) is 22.9 Å². The van der Waals surface area contributed by atoms with E-state index in [-0.39, 0.29) is 18.4 Å². The van der Waals surface area contributed by atoms with Crippen LogP contribution in [0.1, 0.15) is 48.5 Å². The van der Waals surface area contributed by atoms with Gasteiger partial charge in [0, 0.05) is 22.6 Å². The zero-order valence-electron chi connectivity index (χ0n) is 19.9. The van der Waals surface area contributed by atoms with E-state index in [1.807, 2.05) is 49.4 Å². The highest BCUT2D eigenvalue weighted by Gasteiger charge is 2.07. The van der Waals surface area contributed by atoms with Gasteiger partial charge in [-0.2, -0.15) is 0 Å². The maximum Gasteiger partial charge on any atom is 0.255 e. The zero-order valence-corrected chi connectivity index (χ0v) is 19.9. The Hall–Kier alpha value is -3.80. The Bertz CT molecular complexity index is 1060. The van der Waals surface area contributed by atoms with Crippen LogP contribution in [-0.4, -0.2) is 25.0 Å². The van der Waals surface area contributed by atoms with Crippen LogP contribution in [0.4, 0.5) is 17.1 Å². The molecule has 3 N–H and O–H groups in total. The molecule has 0 aliphatic rings.